The minimum Gasteiger partial charge on any atom is -0.444 e. The van der Waals surface area contributed by atoms with Gasteiger partial charge in [-0.25, -0.2) is 18.2 Å². The van der Waals surface area contributed by atoms with Gasteiger partial charge in [0.15, 0.2) is 0 Å². The van der Waals surface area contributed by atoms with Crippen LogP contribution in [0.5, 0.6) is 0 Å². The number of amides is 1. The normalized spacial score (nSPS) is 18.6. The van der Waals surface area contributed by atoms with Gasteiger partial charge in [-0.3, -0.25) is 14.3 Å². The summed E-state index contributed by atoms with van der Waals surface area (Å²) in [6.45, 7) is 17.4. The Balaban J connectivity index is 1.55. The third-order valence-electron chi connectivity index (χ3n) is 9.67. The van der Waals surface area contributed by atoms with Gasteiger partial charge in [0, 0.05) is 38.8 Å². The van der Waals surface area contributed by atoms with Crippen molar-refractivity contribution in [1.29, 1.82) is 0 Å². The molecule has 2 heterocycles. The third-order valence-corrected chi connectivity index (χ3v) is 11.5. The molecule has 5 rings (SSSR count). The highest BCUT2D eigenvalue weighted by Crippen LogP contribution is 2.35. The van der Waals surface area contributed by atoms with E-state index < -0.39 is 21.7 Å². The maximum Gasteiger partial charge on any atom is 0.410 e. The Kier molecular flexibility index (Phi) is 11.4. The van der Waals surface area contributed by atoms with Crippen LogP contribution in [0.4, 0.5) is 4.79 Å². The molecule has 11 heteroatoms. The standard InChI is InChI=1S/C40H53N5O5S/c1-10-15-35(43-25-28(4)45(29(5)26-43)39(47)50-40(6,7)8)37-41-34-23-20-31(24-33(34)38(46)44(37)11-2)36(30-16-13-12-14-17-30)42(9)51(48,49)32-21-18-27(3)19-22-32/h12-14,16-24,28-29,35-36H,10-11,15,25-26H2,1-9H3/t28-,29+,35-,36?/m1/s1. The first-order chi connectivity index (χ1) is 24.1. The topological polar surface area (TPSA) is 105 Å². The van der Waals surface area contributed by atoms with Crippen molar-refractivity contribution in [1.82, 2.24) is 23.7 Å². The lowest BCUT2D eigenvalue weighted by molar-refractivity contribution is -0.0247. The first-order valence-corrected chi connectivity index (χ1v) is 19.4. The van der Waals surface area contributed by atoms with Gasteiger partial charge in [-0.2, -0.15) is 4.31 Å². The molecule has 51 heavy (non-hydrogen) atoms. The lowest BCUT2D eigenvalue weighted by atomic mass is 9.97. The molecule has 1 unspecified atom stereocenters. The summed E-state index contributed by atoms with van der Waals surface area (Å²) >= 11 is 0. The van der Waals surface area contributed by atoms with Crippen LogP contribution in [0.25, 0.3) is 10.9 Å². The summed E-state index contributed by atoms with van der Waals surface area (Å²) < 4.78 is 36.8. The van der Waals surface area contributed by atoms with Crippen molar-refractivity contribution in [3.8, 4) is 0 Å². The summed E-state index contributed by atoms with van der Waals surface area (Å²) in [4.78, 5) is 37.1. The molecule has 10 nitrogen and oxygen atoms in total. The molecular weight excluding hydrogens is 663 g/mol. The van der Waals surface area contributed by atoms with E-state index in [2.05, 4.69) is 11.8 Å². The smallest absolute Gasteiger partial charge is 0.410 e. The molecule has 1 aliphatic heterocycles. The van der Waals surface area contributed by atoms with E-state index in [4.69, 9.17) is 9.72 Å². The van der Waals surface area contributed by atoms with E-state index in [0.717, 1.165) is 24.0 Å². The van der Waals surface area contributed by atoms with Crippen LogP contribution in [0.1, 0.15) is 95.9 Å². The van der Waals surface area contributed by atoms with Crippen LogP contribution in [-0.4, -0.2) is 76.0 Å². The van der Waals surface area contributed by atoms with Gasteiger partial charge in [0.25, 0.3) is 5.56 Å². The Morgan fingerprint density at radius 2 is 1.59 bits per heavy atom. The zero-order chi connectivity index (χ0) is 37.2. The van der Waals surface area contributed by atoms with Gasteiger partial charge < -0.3 is 9.64 Å². The van der Waals surface area contributed by atoms with Gasteiger partial charge in [-0.05, 0) is 90.3 Å². The number of rotatable bonds is 10. The number of hydrogen-bond acceptors (Lipinski definition) is 7. The molecule has 1 aliphatic rings. The van der Waals surface area contributed by atoms with E-state index in [-0.39, 0.29) is 34.7 Å². The largest absolute Gasteiger partial charge is 0.444 e. The second kappa shape index (κ2) is 15.3. The van der Waals surface area contributed by atoms with Crippen molar-refractivity contribution in [2.24, 2.45) is 0 Å². The molecule has 1 fully saturated rings. The molecule has 4 atom stereocenters. The number of carbonyl (C=O) groups excluding carboxylic acids is 1. The SMILES string of the molecule is CCC[C@H](c1nc2ccc(C(c3ccccc3)N(C)S(=O)(=O)c3ccc(C)cc3)cc2c(=O)n1CC)N1C[C@@H](C)N(C(=O)OC(C)(C)C)[C@@H](C)C1. The maximum absolute atomic E-state index is 14.4. The van der Waals surface area contributed by atoms with E-state index in [1.807, 2.05) is 95.8 Å². The molecule has 1 saturated heterocycles. The van der Waals surface area contributed by atoms with Crippen molar-refractivity contribution >= 4 is 27.0 Å². The number of sulfonamides is 1. The van der Waals surface area contributed by atoms with Gasteiger partial charge in [-0.15, -0.1) is 0 Å². The van der Waals surface area contributed by atoms with E-state index >= 15 is 0 Å². The number of fused-ring (bicyclic) bond motifs is 1. The molecule has 0 spiro atoms. The van der Waals surface area contributed by atoms with Crippen molar-refractivity contribution < 1.29 is 17.9 Å². The number of ether oxygens (including phenoxy) is 1. The zero-order valence-corrected chi connectivity index (χ0v) is 32.3. The monoisotopic (exact) mass is 715 g/mol. The van der Waals surface area contributed by atoms with Crippen LogP contribution in [0, 0.1) is 6.92 Å². The van der Waals surface area contributed by atoms with Crippen molar-refractivity contribution in [3.63, 3.8) is 0 Å². The summed E-state index contributed by atoms with van der Waals surface area (Å²) in [5.74, 6) is 0.702. The molecule has 0 saturated carbocycles. The predicted molar refractivity (Wildman–Crippen MR) is 202 cm³/mol. The molecule has 0 N–H and O–H groups in total. The first-order valence-electron chi connectivity index (χ1n) is 18.0. The highest BCUT2D eigenvalue weighted by Gasteiger charge is 2.39. The van der Waals surface area contributed by atoms with Crippen LogP contribution in [-0.2, 0) is 21.3 Å². The fraction of sp³-hybridized carbons (Fsp3) is 0.475. The van der Waals surface area contributed by atoms with Crippen LogP contribution in [0.3, 0.4) is 0 Å². The van der Waals surface area contributed by atoms with Gasteiger partial charge in [0.2, 0.25) is 10.0 Å². The molecule has 3 aromatic carbocycles. The Bertz CT molecular complexity index is 2000. The summed E-state index contributed by atoms with van der Waals surface area (Å²) in [5.41, 5.74) is 2.24. The van der Waals surface area contributed by atoms with E-state index in [1.54, 1.807) is 41.9 Å². The highest BCUT2D eigenvalue weighted by atomic mass is 32.2. The van der Waals surface area contributed by atoms with Crippen LogP contribution < -0.4 is 5.56 Å². The van der Waals surface area contributed by atoms with Crippen molar-refractivity contribution in [3.05, 3.63) is 106 Å². The molecule has 274 valence electrons. The fourth-order valence-electron chi connectivity index (χ4n) is 7.29. The predicted octanol–water partition coefficient (Wildman–Crippen LogP) is 7.31. The number of piperazine rings is 1. The minimum atomic E-state index is -3.90. The number of aromatic nitrogens is 2. The third kappa shape index (κ3) is 8.05. The molecular formula is C40H53N5O5S. The number of benzene rings is 3. The van der Waals surface area contributed by atoms with Gasteiger partial charge in [-0.1, -0.05) is 67.4 Å². The van der Waals surface area contributed by atoms with E-state index in [0.29, 0.717) is 41.9 Å². The fourth-order valence-corrected chi connectivity index (χ4v) is 8.62. The summed E-state index contributed by atoms with van der Waals surface area (Å²) in [6.07, 6.45) is 1.36. The Morgan fingerprint density at radius 1 is 0.961 bits per heavy atom. The molecule has 1 aromatic heterocycles. The van der Waals surface area contributed by atoms with E-state index in [1.165, 1.54) is 4.31 Å². The average molecular weight is 716 g/mol. The van der Waals surface area contributed by atoms with Crippen LogP contribution in [0.2, 0.25) is 0 Å². The number of aryl methyl sites for hydroxylation is 1. The minimum absolute atomic E-state index is 0.101. The first kappa shape index (κ1) is 38.2. The lowest BCUT2D eigenvalue weighted by Crippen LogP contribution is -2.60. The molecule has 0 bridgehead atoms. The molecule has 0 aliphatic carbocycles. The Labute approximate surface area is 303 Å². The van der Waals surface area contributed by atoms with Gasteiger partial charge in [0.1, 0.15) is 11.4 Å². The molecule has 0 radical (unpaired) electrons. The second-order valence-corrected chi connectivity index (χ2v) is 16.8. The summed E-state index contributed by atoms with van der Waals surface area (Å²) in [5, 5.41) is 0.437. The highest BCUT2D eigenvalue weighted by molar-refractivity contribution is 7.89. The Hall–Kier alpha value is -4.06. The van der Waals surface area contributed by atoms with Crippen LogP contribution >= 0.6 is 0 Å². The summed E-state index contributed by atoms with van der Waals surface area (Å²) in [6, 6.07) is 20.8. The maximum atomic E-state index is 14.4. The number of nitrogens with zero attached hydrogens (tertiary/aromatic N) is 5. The number of carbonyl (C=O) groups is 1. The summed E-state index contributed by atoms with van der Waals surface area (Å²) in [7, 11) is -2.31. The molecule has 4 aromatic rings. The van der Waals surface area contributed by atoms with Crippen LogP contribution in [0.15, 0.2) is 82.5 Å². The van der Waals surface area contributed by atoms with E-state index in [9.17, 15) is 18.0 Å². The second-order valence-electron chi connectivity index (χ2n) is 14.8. The van der Waals surface area contributed by atoms with Gasteiger partial charge in [0.05, 0.1) is 27.9 Å². The van der Waals surface area contributed by atoms with Crippen molar-refractivity contribution in [2.75, 3.05) is 20.1 Å². The molecule has 1 amide bonds. The quantitative estimate of drug-likeness (QED) is 0.170. The van der Waals surface area contributed by atoms with Crippen molar-refractivity contribution in [2.45, 2.75) is 109 Å². The average Bonchev–Trinajstić information content (AvgIpc) is 3.07. The Morgan fingerprint density at radius 3 is 2.16 bits per heavy atom. The number of hydrogen-bond donors (Lipinski definition) is 0. The zero-order valence-electron chi connectivity index (χ0n) is 31.5. The van der Waals surface area contributed by atoms with Gasteiger partial charge >= 0.3 is 6.09 Å². The lowest BCUT2D eigenvalue weighted by Gasteiger charge is -2.47.